The highest BCUT2D eigenvalue weighted by Crippen LogP contribution is 2.65. The molecule has 1 nitrogen and oxygen atoms in total. The summed E-state index contributed by atoms with van der Waals surface area (Å²) in [6, 6.07) is 79.2. The van der Waals surface area contributed by atoms with Crippen LogP contribution in [0.3, 0.4) is 0 Å². The second-order valence-corrected chi connectivity index (χ2v) is 16.8. The second kappa shape index (κ2) is 12.6. The first kappa shape index (κ1) is 33.9. The summed E-state index contributed by atoms with van der Waals surface area (Å²) in [5, 5.41) is 0. The van der Waals surface area contributed by atoms with Gasteiger partial charge >= 0.3 is 0 Å². The van der Waals surface area contributed by atoms with E-state index in [-0.39, 0.29) is 5.41 Å². The first-order valence-corrected chi connectivity index (χ1v) is 20.8. The van der Waals surface area contributed by atoms with Gasteiger partial charge in [0.2, 0.25) is 0 Å². The number of nitrogens with zero attached hydrogens (tertiary/aromatic N) is 1. The molecule has 1 heteroatoms. The van der Waals surface area contributed by atoms with Crippen LogP contribution in [0.5, 0.6) is 0 Å². The van der Waals surface area contributed by atoms with Crippen molar-refractivity contribution in [1.82, 2.24) is 0 Å². The summed E-state index contributed by atoms with van der Waals surface area (Å²) in [7, 11) is 0. The molecule has 0 aliphatic heterocycles. The van der Waals surface area contributed by atoms with Crippen molar-refractivity contribution in [3.8, 4) is 55.6 Å². The average Bonchev–Trinajstić information content (AvgIpc) is 3.86. The van der Waals surface area contributed by atoms with Crippen LogP contribution < -0.4 is 4.90 Å². The van der Waals surface area contributed by atoms with Gasteiger partial charge in [-0.15, -0.1) is 0 Å². The van der Waals surface area contributed by atoms with Crippen LogP contribution in [0.2, 0.25) is 0 Å². The standard InChI is InChI=1S/C58H41N/c1-57(2)49-27-10-6-23-44(49)47-34-33-43(37-54(47)57)59(42-22-15-21-41(36-42)40-20-14-19-39(35-40)38-17-4-3-5-18-38)55-32-16-31-53-56(55)48-26-9-13-30-52(48)58(53)50-28-11-7-24-45(50)46-25-8-12-29-51(46)58/h3-37H,1-2H3. The summed E-state index contributed by atoms with van der Waals surface area (Å²) < 4.78 is 0. The van der Waals surface area contributed by atoms with Crippen LogP contribution in [0, 0.1) is 0 Å². The molecule has 278 valence electrons. The zero-order valence-electron chi connectivity index (χ0n) is 33.2. The monoisotopic (exact) mass is 751 g/mol. The molecule has 0 saturated carbocycles. The molecule has 3 aliphatic carbocycles. The van der Waals surface area contributed by atoms with E-state index < -0.39 is 5.41 Å². The molecule has 0 atom stereocenters. The predicted molar refractivity (Wildman–Crippen MR) is 246 cm³/mol. The molecule has 0 unspecified atom stereocenters. The van der Waals surface area contributed by atoms with Crippen LogP contribution in [-0.2, 0) is 10.8 Å². The molecule has 0 radical (unpaired) electrons. The molecular weight excluding hydrogens is 711 g/mol. The predicted octanol–water partition coefficient (Wildman–Crippen LogP) is 15.1. The zero-order valence-corrected chi connectivity index (χ0v) is 33.2. The van der Waals surface area contributed by atoms with E-state index in [4.69, 9.17) is 0 Å². The summed E-state index contributed by atoms with van der Waals surface area (Å²) in [6.07, 6.45) is 0. The van der Waals surface area contributed by atoms with Crippen molar-refractivity contribution in [3.63, 3.8) is 0 Å². The summed E-state index contributed by atoms with van der Waals surface area (Å²) in [5.41, 5.74) is 23.7. The SMILES string of the molecule is CC1(C)c2ccccc2-c2ccc(N(c3cccc(-c4cccc(-c5ccccc5)c4)c3)c3cccc4c3-c3ccccc3C43c4ccccc4-c4ccccc43)cc21. The molecule has 0 saturated heterocycles. The number of hydrogen-bond donors (Lipinski definition) is 0. The van der Waals surface area contributed by atoms with Gasteiger partial charge in [-0.2, -0.15) is 0 Å². The highest BCUT2D eigenvalue weighted by Gasteiger charge is 2.52. The van der Waals surface area contributed by atoms with Gasteiger partial charge in [0.15, 0.2) is 0 Å². The number of fused-ring (bicyclic) bond motifs is 13. The highest BCUT2D eigenvalue weighted by atomic mass is 15.1. The van der Waals surface area contributed by atoms with Gasteiger partial charge < -0.3 is 4.90 Å². The summed E-state index contributed by atoms with van der Waals surface area (Å²) in [4.78, 5) is 2.53. The van der Waals surface area contributed by atoms with E-state index in [1.165, 1.54) is 94.7 Å². The summed E-state index contributed by atoms with van der Waals surface area (Å²) in [5.74, 6) is 0. The van der Waals surface area contributed by atoms with Crippen LogP contribution in [0.15, 0.2) is 212 Å². The third-order valence-electron chi connectivity index (χ3n) is 13.5. The summed E-state index contributed by atoms with van der Waals surface area (Å²) in [6.45, 7) is 4.75. The molecule has 0 heterocycles. The number of hydrogen-bond acceptors (Lipinski definition) is 1. The third kappa shape index (κ3) is 4.73. The lowest BCUT2D eigenvalue weighted by molar-refractivity contribution is 0.660. The van der Waals surface area contributed by atoms with Crippen molar-refractivity contribution < 1.29 is 0 Å². The van der Waals surface area contributed by atoms with Gasteiger partial charge in [-0.05, 0) is 120 Å². The minimum atomic E-state index is -0.428. The van der Waals surface area contributed by atoms with Crippen LogP contribution >= 0.6 is 0 Å². The Kier molecular flexibility index (Phi) is 7.26. The highest BCUT2D eigenvalue weighted by molar-refractivity contribution is 6.01. The van der Waals surface area contributed by atoms with Gasteiger partial charge in [0, 0.05) is 22.4 Å². The Bertz CT molecular complexity index is 3100. The first-order valence-electron chi connectivity index (χ1n) is 20.8. The molecule has 0 bridgehead atoms. The number of anilines is 3. The fourth-order valence-corrected chi connectivity index (χ4v) is 10.9. The molecule has 59 heavy (non-hydrogen) atoms. The minimum Gasteiger partial charge on any atom is -0.310 e. The van der Waals surface area contributed by atoms with Gasteiger partial charge in [-0.3, -0.25) is 0 Å². The van der Waals surface area contributed by atoms with Crippen LogP contribution in [0.1, 0.15) is 47.2 Å². The Morgan fingerprint density at radius 2 is 0.763 bits per heavy atom. The molecule has 9 aromatic carbocycles. The molecule has 12 rings (SSSR count). The normalized spacial score (nSPS) is 14.2. The lowest BCUT2D eigenvalue weighted by Crippen LogP contribution is -2.26. The van der Waals surface area contributed by atoms with E-state index in [1.54, 1.807) is 0 Å². The number of benzene rings is 9. The molecule has 3 aliphatic rings. The fourth-order valence-electron chi connectivity index (χ4n) is 10.9. The van der Waals surface area contributed by atoms with Gasteiger partial charge in [-0.1, -0.05) is 190 Å². The van der Waals surface area contributed by atoms with E-state index in [2.05, 4.69) is 231 Å². The maximum absolute atomic E-state index is 2.53. The molecule has 0 aromatic heterocycles. The Labute approximate surface area is 346 Å². The largest absolute Gasteiger partial charge is 0.310 e. The van der Waals surface area contributed by atoms with E-state index in [0.29, 0.717) is 0 Å². The lowest BCUT2D eigenvalue weighted by Gasteiger charge is -2.32. The first-order chi connectivity index (χ1) is 29.0. The molecule has 1 spiro atoms. The quantitative estimate of drug-likeness (QED) is 0.169. The van der Waals surface area contributed by atoms with Crippen LogP contribution in [0.25, 0.3) is 55.6 Å². The Morgan fingerprint density at radius 3 is 1.46 bits per heavy atom. The second-order valence-electron chi connectivity index (χ2n) is 16.8. The van der Waals surface area contributed by atoms with Crippen LogP contribution in [-0.4, -0.2) is 0 Å². The lowest BCUT2D eigenvalue weighted by atomic mass is 9.70. The van der Waals surface area contributed by atoms with Crippen molar-refractivity contribution in [1.29, 1.82) is 0 Å². The van der Waals surface area contributed by atoms with Crippen molar-refractivity contribution in [2.75, 3.05) is 4.90 Å². The number of rotatable bonds is 5. The van der Waals surface area contributed by atoms with Gasteiger partial charge in [-0.25, -0.2) is 0 Å². The zero-order chi connectivity index (χ0) is 39.3. The van der Waals surface area contributed by atoms with Crippen molar-refractivity contribution in [2.45, 2.75) is 24.7 Å². The Morgan fingerprint density at radius 1 is 0.305 bits per heavy atom. The minimum absolute atomic E-state index is 0.139. The Hall–Kier alpha value is -7.22. The molecular formula is C58H41N. The van der Waals surface area contributed by atoms with E-state index in [1.807, 2.05) is 0 Å². The van der Waals surface area contributed by atoms with E-state index in [9.17, 15) is 0 Å². The maximum Gasteiger partial charge on any atom is 0.0726 e. The molecule has 0 N–H and O–H groups in total. The van der Waals surface area contributed by atoms with Crippen molar-refractivity contribution in [2.24, 2.45) is 0 Å². The van der Waals surface area contributed by atoms with E-state index in [0.717, 1.165) is 11.4 Å². The third-order valence-corrected chi connectivity index (χ3v) is 13.5. The molecule has 0 amide bonds. The van der Waals surface area contributed by atoms with Gasteiger partial charge in [0.1, 0.15) is 0 Å². The molecule has 9 aromatic rings. The van der Waals surface area contributed by atoms with Crippen molar-refractivity contribution in [3.05, 3.63) is 246 Å². The van der Waals surface area contributed by atoms with Crippen molar-refractivity contribution >= 4 is 17.1 Å². The topological polar surface area (TPSA) is 3.24 Å². The average molecular weight is 752 g/mol. The smallest absolute Gasteiger partial charge is 0.0726 e. The van der Waals surface area contributed by atoms with Gasteiger partial charge in [0.05, 0.1) is 11.1 Å². The van der Waals surface area contributed by atoms with Crippen LogP contribution in [0.4, 0.5) is 17.1 Å². The maximum atomic E-state index is 2.53. The Balaban J connectivity index is 1.11. The van der Waals surface area contributed by atoms with Gasteiger partial charge in [0.25, 0.3) is 0 Å². The molecule has 0 fully saturated rings. The summed E-state index contributed by atoms with van der Waals surface area (Å²) >= 11 is 0. The fraction of sp³-hybridized carbons (Fsp3) is 0.0690. The van der Waals surface area contributed by atoms with E-state index >= 15 is 0 Å².